The van der Waals surface area contributed by atoms with Crippen LogP contribution in [-0.4, -0.2) is 70.5 Å². The zero-order valence-corrected chi connectivity index (χ0v) is 27.3. The molecule has 7 aromatic rings. The van der Waals surface area contributed by atoms with Crippen LogP contribution in [0.15, 0.2) is 76.6 Å². The molecule has 48 heavy (non-hydrogen) atoms. The van der Waals surface area contributed by atoms with Gasteiger partial charge in [-0.1, -0.05) is 30.3 Å². The number of benzene rings is 1. The molecule has 0 saturated carbocycles. The number of ether oxygens (including phenoxy) is 1. The maximum Gasteiger partial charge on any atom is 0.261 e. The van der Waals surface area contributed by atoms with E-state index in [2.05, 4.69) is 44.3 Å². The molecule has 0 unspecified atom stereocenters. The Bertz CT molecular complexity index is 2330. The molecule has 0 radical (unpaired) electrons. The minimum Gasteiger partial charge on any atom is -0.471 e. The first-order chi connectivity index (χ1) is 23.3. The molecule has 2 N–H and O–H groups in total. The SMILES string of the molecule is CC1(C)CCCN1CCNC(=O)c1cnc2c(c1)[nH]c(=O)c1c2nn2cc(-c3cnn(Cc4cc(OCc5ccccc5)no4)c3)sc12. The second-order valence-electron chi connectivity index (χ2n) is 12.6. The van der Waals surface area contributed by atoms with Crippen molar-refractivity contribution >= 4 is 44.0 Å². The summed E-state index contributed by atoms with van der Waals surface area (Å²) in [6.07, 6.45) is 9.41. The van der Waals surface area contributed by atoms with E-state index in [1.54, 1.807) is 27.5 Å². The summed E-state index contributed by atoms with van der Waals surface area (Å²) in [6.45, 7) is 7.63. The number of nitrogens with zero attached hydrogens (tertiary/aromatic N) is 7. The van der Waals surface area contributed by atoms with Crippen LogP contribution in [0.25, 0.3) is 37.2 Å². The smallest absolute Gasteiger partial charge is 0.261 e. The standard InChI is InChI=1S/C34H33N9O4S/c1-34(2)9-6-11-41(34)12-10-35-31(44)22-13-25-29(36-15-22)30-28(32(45)38-25)33-43(39-30)19-26(48-33)23-16-37-42(17-23)18-24-14-27(40-47-24)46-20-21-7-4-3-5-8-21/h3-5,7-8,13-17,19H,6,9-12,18,20H2,1-2H3,(H,35,44)(H,38,45). The highest BCUT2D eigenvalue weighted by Gasteiger charge is 2.31. The van der Waals surface area contributed by atoms with Crippen LogP contribution >= 0.6 is 11.3 Å². The number of H-pyrrole nitrogens is 1. The van der Waals surface area contributed by atoms with Gasteiger partial charge in [-0.3, -0.25) is 24.2 Å². The van der Waals surface area contributed by atoms with Crippen LogP contribution in [0.4, 0.5) is 0 Å². The van der Waals surface area contributed by atoms with Gasteiger partial charge >= 0.3 is 0 Å². The predicted octanol–water partition coefficient (Wildman–Crippen LogP) is 4.87. The number of hydrogen-bond donors (Lipinski definition) is 2. The van der Waals surface area contributed by atoms with Crippen LogP contribution in [-0.2, 0) is 13.2 Å². The number of amides is 1. The van der Waals surface area contributed by atoms with E-state index in [9.17, 15) is 9.59 Å². The number of aromatic nitrogens is 7. The van der Waals surface area contributed by atoms with Crippen LogP contribution in [0.5, 0.6) is 5.88 Å². The topological polar surface area (TPSA) is 148 Å². The second kappa shape index (κ2) is 12.0. The van der Waals surface area contributed by atoms with E-state index in [4.69, 9.17) is 14.4 Å². The second-order valence-corrected chi connectivity index (χ2v) is 13.7. The normalized spacial score (nSPS) is 14.8. The van der Waals surface area contributed by atoms with E-state index in [1.165, 1.54) is 24.0 Å². The predicted molar refractivity (Wildman–Crippen MR) is 181 cm³/mol. The van der Waals surface area contributed by atoms with Gasteiger partial charge in [0.05, 0.1) is 22.2 Å². The monoisotopic (exact) mass is 663 g/mol. The van der Waals surface area contributed by atoms with Gasteiger partial charge in [0.1, 0.15) is 34.4 Å². The van der Waals surface area contributed by atoms with Crippen molar-refractivity contribution in [1.82, 2.24) is 44.7 Å². The number of carbonyl (C=O) groups excluding carboxylic acids is 1. The van der Waals surface area contributed by atoms with Crippen LogP contribution in [0.3, 0.4) is 0 Å². The number of fused-ring (bicyclic) bond motifs is 5. The summed E-state index contributed by atoms with van der Waals surface area (Å²) >= 11 is 1.44. The highest BCUT2D eigenvalue weighted by Crippen LogP contribution is 2.33. The lowest BCUT2D eigenvalue weighted by Gasteiger charge is -2.31. The molecule has 6 aromatic heterocycles. The van der Waals surface area contributed by atoms with E-state index in [0.717, 1.165) is 35.5 Å². The van der Waals surface area contributed by atoms with Crippen molar-refractivity contribution in [3.8, 4) is 16.3 Å². The average Bonchev–Trinajstić information content (AvgIpc) is 3.91. The van der Waals surface area contributed by atoms with Gasteiger partial charge in [-0.05, 0) is 50.0 Å². The van der Waals surface area contributed by atoms with Crippen molar-refractivity contribution in [2.75, 3.05) is 19.6 Å². The Morgan fingerprint density at radius 1 is 1.15 bits per heavy atom. The fourth-order valence-corrected chi connectivity index (χ4v) is 7.36. The summed E-state index contributed by atoms with van der Waals surface area (Å²) in [5, 5.41) is 16.7. The van der Waals surface area contributed by atoms with Gasteiger partial charge in [-0.25, -0.2) is 4.52 Å². The summed E-state index contributed by atoms with van der Waals surface area (Å²) in [5.41, 5.74) is 3.66. The van der Waals surface area contributed by atoms with Gasteiger partial charge in [0.25, 0.3) is 17.3 Å². The summed E-state index contributed by atoms with van der Waals surface area (Å²) in [5.74, 6) is 0.798. The molecular formula is C34H33N9O4S. The third kappa shape index (κ3) is 5.73. The van der Waals surface area contributed by atoms with Gasteiger partial charge in [0.15, 0.2) is 5.76 Å². The number of hydrogen-bond acceptors (Lipinski definition) is 10. The van der Waals surface area contributed by atoms with Crippen molar-refractivity contribution in [3.05, 3.63) is 94.5 Å². The summed E-state index contributed by atoms with van der Waals surface area (Å²) in [6, 6.07) is 13.3. The van der Waals surface area contributed by atoms with Crippen LogP contribution in [0.1, 0.15) is 48.4 Å². The van der Waals surface area contributed by atoms with Crippen molar-refractivity contribution in [2.24, 2.45) is 0 Å². The van der Waals surface area contributed by atoms with Crippen LogP contribution in [0.2, 0.25) is 0 Å². The molecule has 0 spiro atoms. The Hall–Kier alpha value is -5.34. The first-order valence-electron chi connectivity index (χ1n) is 15.8. The van der Waals surface area contributed by atoms with E-state index >= 15 is 0 Å². The zero-order valence-electron chi connectivity index (χ0n) is 26.5. The van der Waals surface area contributed by atoms with Crippen molar-refractivity contribution in [1.29, 1.82) is 0 Å². The van der Waals surface area contributed by atoms with Gasteiger partial charge in [-0.15, -0.1) is 11.3 Å². The lowest BCUT2D eigenvalue weighted by molar-refractivity contribution is 0.0940. The molecule has 1 saturated heterocycles. The molecule has 7 heterocycles. The van der Waals surface area contributed by atoms with E-state index in [1.807, 2.05) is 42.7 Å². The van der Waals surface area contributed by atoms with Crippen molar-refractivity contribution in [3.63, 3.8) is 0 Å². The highest BCUT2D eigenvalue weighted by atomic mass is 32.1. The molecule has 1 fully saturated rings. The summed E-state index contributed by atoms with van der Waals surface area (Å²) < 4.78 is 14.6. The highest BCUT2D eigenvalue weighted by molar-refractivity contribution is 7.21. The molecule has 14 heteroatoms. The maximum absolute atomic E-state index is 13.3. The minimum atomic E-state index is -0.289. The van der Waals surface area contributed by atoms with Crippen LogP contribution < -0.4 is 15.6 Å². The lowest BCUT2D eigenvalue weighted by Crippen LogP contribution is -2.43. The van der Waals surface area contributed by atoms with Crippen molar-refractivity contribution in [2.45, 2.75) is 45.4 Å². The molecule has 0 bridgehead atoms. The number of thiazole rings is 1. The minimum absolute atomic E-state index is 0.156. The lowest BCUT2D eigenvalue weighted by atomic mass is 10.0. The zero-order chi connectivity index (χ0) is 32.8. The van der Waals surface area contributed by atoms with Crippen molar-refractivity contribution < 1.29 is 14.1 Å². The van der Waals surface area contributed by atoms with E-state index in [0.29, 0.717) is 63.7 Å². The number of likely N-dealkylation sites (tertiary alicyclic amines) is 1. The quantitative estimate of drug-likeness (QED) is 0.209. The Balaban J connectivity index is 0.968. The number of nitrogens with one attached hydrogen (secondary N) is 2. The molecule has 1 aliphatic rings. The van der Waals surface area contributed by atoms with E-state index in [-0.39, 0.29) is 17.0 Å². The largest absolute Gasteiger partial charge is 0.471 e. The average molecular weight is 664 g/mol. The molecule has 1 amide bonds. The first kappa shape index (κ1) is 30.0. The fourth-order valence-electron chi connectivity index (χ4n) is 6.30. The third-order valence-corrected chi connectivity index (χ3v) is 10.1. The molecule has 1 aromatic carbocycles. The Morgan fingerprint density at radius 3 is 2.85 bits per heavy atom. The summed E-state index contributed by atoms with van der Waals surface area (Å²) in [4.78, 5) is 37.7. The Kier molecular flexibility index (Phi) is 7.53. The molecule has 1 aliphatic heterocycles. The maximum atomic E-state index is 13.3. The van der Waals surface area contributed by atoms with Crippen LogP contribution in [0, 0.1) is 0 Å². The molecular weight excluding hydrogens is 631 g/mol. The fraction of sp³-hybridized carbons (Fsp3) is 0.294. The van der Waals surface area contributed by atoms with Gasteiger partial charge < -0.3 is 19.6 Å². The molecule has 244 valence electrons. The molecule has 8 rings (SSSR count). The van der Waals surface area contributed by atoms with Gasteiger partial charge in [0, 0.05) is 48.8 Å². The molecule has 0 atom stereocenters. The third-order valence-electron chi connectivity index (χ3n) is 8.90. The van der Waals surface area contributed by atoms with E-state index < -0.39 is 0 Å². The first-order valence-corrected chi connectivity index (χ1v) is 16.6. The number of carbonyl (C=O) groups is 1. The summed E-state index contributed by atoms with van der Waals surface area (Å²) in [7, 11) is 0. The molecule has 0 aliphatic carbocycles. The molecule has 13 nitrogen and oxygen atoms in total. The Morgan fingerprint density at radius 2 is 2.02 bits per heavy atom. The number of pyridine rings is 2. The Labute approximate surface area is 278 Å². The number of rotatable bonds is 10. The van der Waals surface area contributed by atoms with Gasteiger partial charge in [0.2, 0.25) is 0 Å². The number of aromatic amines is 1. The van der Waals surface area contributed by atoms with Gasteiger partial charge in [-0.2, -0.15) is 10.2 Å².